The van der Waals surface area contributed by atoms with Gasteiger partial charge in [0.25, 0.3) is 0 Å². The van der Waals surface area contributed by atoms with Gasteiger partial charge in [-0.25, -0.2) is 0 Å². The fourth-order valence-electron chi connectivity index (χ4n) is 1.49. The molecule has 0 spiro atoms. The summed E-state index contributed by atoms with van der Waals surface area (Å²) in [5, 5.41) is 12.0. The van der Waals surface area contributed by atoms with Crippen molar-refractivity contribution in [1.29, 1.82) is 5.26 Å². The lowest BCUT2D eigenvalue weighted by atomic mass is 10.2. The lowest BCUT2D eigenvalue weighted by Gasteiger charge is -2.10. The Hall–Kier alpha value is -0.590. The summed E-state index contributed by atoms with van der Waals surface area (Å²) in [6.07, 6.45) is 5.87. The molecule has 0 bridgehead atoms. The number of rotatable bonds is 9. The van der Waals surface area contributed by atoms with Crippen LogP contribution in [0.3, 0.4) is 0 Å². The zero-order valence-corrected chi connectivity index (χ0v) is 9.67. The highest BCUT2D eigenvalue weighted by atomic mass is 16.5. The molecule has 1 atom stereocenters. The number of hydrogen-bond acceptors (Lipinski definition) is 3. The van der Waals surface area contributed by atoms with Crippen molar-refractivity contribution >= 4 is 0 Å². The summed E-state index contributed by atoms with van der Waals surface area (Å²) < 4.78 is 5.51. The third-order valence-electron chi connectivity index (χ3n) is 2.71. The molecule has 1 rings (SSSR count). The Kier molecular flexibility index (Phi) is 6.38. The van der Waals surface area contributed by atoms with Gasteiger partial charge in [0.15, 0.2) is 0 Å². The summed E-state index contributed by atoms with van der Waals surface area (Å²) in [5.41, 5.74) is 0. The van der Waals surface area contributed by atoms with Crippen LogP contribution in [0.5, 0.6) is 0 Å². The van der Waals surface area contributed by atoms with Gasteiger partial charge < -0.3 is 10.1 Å². The van der Waals surface area contributed by atoms with Crippen LogP contribution in [-0.2, 0) is 4.74 Å². The zero-order valence-electron chi connectivity index (χ0n) is 9.67. The minimum absolute atomic E-state index is 0.0362. The molecule has 15 heavy (non-hydrogen) atoms. The summed E-state index contributed by atoms with van der Waals surface area (Å²) >= 11 is 0. The van der Waals surface area contributed by atoms with E-state index in [1.54, 1.807) is 0 Å². The SMILES string of the molecule is CCCNC(C#N)CCOCCC1CC1. The largest absolute Gasteiger partial charge is 0.381 e. The van der Waals surface area contributed by atoms with Crippen LogP contribution >= 0.6 is 0 Å². The molecule has 1 aliphatic carbocycles. The van der Waals surface area contributed by atoms with Gasteiger partial charge in [0.1, 0.15) is 0 Å². The smallest absolute Gasteiger partial charge is 0.0975 e. The molecule has 0 aromatic rings. The van der Waals surface area contributed by atoms with E-state index in [2.05, 4.69) is 18.3 Å². The van der Waals surface area contributed by atoms with Gasteiger partial charge in [0.2, 0.25) is 0 Å². The van der Waals surface area contributed by atoms with Crippen LogP contribution < -0.4 is 5.32 Å². The summed E-state index contributed by atoms with van der Waals surface area (Å²) in [6, 6.07) is 2.22. The standard InChI is InChI=1S/C12H22N2O/c1-2-7-14-12(10-13)6-9-15-8-5-11-3-4-11/h11-12,14H,2-9H2,1H3. The van der Waals surface area contributed by atoms with E-state index in [-0.39, 0.29) is 6.04 Å². The Balaban J connectivity index is 1.89. The summed E-state index contributed by atoms with van der Waals surface area (Å²) in [7, 11) is 0. The van der Waals surface area contributed by atoms with Gasteiger partial charge in [-0.05, 0) is 31.7 Å². The molecule has 1 saturated carbocycles. The summed E-state index contributed by atoms with van der Waals surface area (Å²) in [5.74, 6) is 0.940. The van der Waals surface area contributed by atoms with Crippen molar-refractivity contribution in [2.24, 2.45) is 5.92 Å². The predicted octanol–water partition coefficient (Wildman–Crippen LogP) is 2.08. The van der Waals surface area contributed by atoms with E-state index < -0.39 is 0 Å². The molecule has 3 heteroatoms. The van der Waals surface area contributed by atoms with Crippen molar-refractivity contribution in [3.63, 3.8) is 0 Å². The van der Waals surface area contributed by atoms with Crippen LogP contribution in [0.1, 0.15) is 39.0 Å². The van der Waals surface area contributed by atoms with E-state index in [1.165, 1.54) is 19.3 Å². The quantitative estimate of drug-likeness (QED) is 0.593. The molecule has 86 valence electrons. The molecule has 0 heterocycles. The summed E-state index contributed by atoms with van der Waals surface area (Å²) in [6.45, 7) is 4.60. The van der Waals surface area contributed by atoms with Gasteiger partial charge in [-0.2, -0.15) is 5.26 Å². The van der Waals surface area contributed by atoms with Crippen LogP contribution in [0.15, 0.2) is 0 Å². The second kappa shape index (κ2) is 7.67. The third-order valence-corrected chi connectivity index (χ3v) is 2.71. The lowest BCUT2D eigenvalue weighted by molar-refractivity contribution is 0.122. The molecular weight excluding hydrogens is 188 g/mol. The highest BCUT2D eigenvalue weighted by molar-refractivity contribution is 4.89. The Bertz CT molecular complexity index is 196. The Morgan fingerprint density at radius 2 is 2.27 bits per heavy atom. The first kappa shape index (κ1) is 12.5. The number of nitriles is 1. The van der Waals surface area contributed by atoms with Crippen LogP contribution in [0.2, 0.25) is 0 Å². The first-order chi connectivity index (χ1) is 7.36. The highest BCUT2D eigenvalue weighted by Crippen LogP contribution is 2.32. The Morgan fingerprint density at radius 1 is 1.47 bits per heavy atom. The molecule has 0 amide bonds. The van der Waals surface area contributed by atoms with Gasteiger partial charge >= 0.3 is 0 Å². The van der Waals surface area contributed by atoms with Crippen LogP contribution in [0.25, 0.3) is 0 Å². The Labute approximate surface area is 92.8 Å². The van der Waals surface area contributed by atoms with E-state index >= 15 is 0 Å². The van der Waals surface area contributed by atoms with E-state index in [0.717, 1.165) is 31.9 Å². The molecule has 0 radical (unpaired) electrons. The zero-order chi connectivity index (χ0) is 10.9. The fraction of sp³-hybridized carbons (Fsp3) is 0.917. The number of hydrogen-bond donors (Lipinski definition) is 1. The van der Waals surface area contributed by atoms with Crippen molar-refractivity contribution < 1.29 is 4.74 Å². The molecule has 0 aromatic heterocycles. The Morgan fingerprint density at radius 3 is 2.87 bits per heavy atom. The predicted molar refractivity (Wildman–Crippen MR) is 60.5 cm³/mol. The van der Waals surface area contributed by atoms with Crippen LogP contribution in [-0.4, -0.2) is 25.8 Å². The van der Waals surface area contributed by atoms with E-state index in [1.807, 2.05) is 0 Å². The molecule has 0 aliphatic heterocycles. The molecule has 0 aromatic carbocycles. The molecular formula is C12H22N2O. The van der Waals surface area contributed by atoms with E-state index in [4.69, 9.17) is 10.00 Å². The highest BCUT2D eigenvalue weighted by Gasteiger charge is 2.20. The number of ether oxygens (including phenoxy) is 1. The van der Waals surface area contributed by atoms with Crippen LogP contribution in [0.4, 0.5) is 0 Å². The first-order valence-corrected chi connectivity index (χ1v) is 6.07. The maximum absolute atomic E-state index is 8.84. The van der Waals surface area contributed by atoms with Crippen molar-refractivity contribution in [3.05, 3.63) is 0 Å². The van der Waals surface area contributed by atoms with Crippen LogP contribution in [0, 0.1) is 17.2 Å². The maximum Gasteiger partial charge on any atom is 0.0975 e. The molecule has 0 saturated heterocycles. The van der Waals surface area contributed by atoms with Gasteiger partial charge in [-0.1, -0.05) is 19.8 Å². The van der Waals surface area contributed by atoms with Crippen molar-refractivity contribution in [3.8, 4) is 6.07 Å². The third kappa shape index (κ3) is 6.48. The monoisotopic (exact) mass is 210 g/mol. The number of nitrogens with zero attached hydrogens (tertiary/aromatic N) is 1. The van der Waals surface area contributed by atoms with Crippen molar-refractivity contribution in [1.82, 2.24) is 5.32 Å². The first-order valence-electron chi connectivity index (χ1n) is 6.07. The van der Waals surface area contributed by atoms with Gasteiger partial charge in [-0.15, -0.1) is 0 Å². The van der Waals surface area contributed by atoms with E-state index in [0.29, 0.717) is 6.61 Å². The van der Waals surface area contributed by atoms with Gasteiger partial charge in [0.05, 0.1) is 12.1 Å². The average Bonchev–Trinajstić information content (AvgIpc) is 3.06. The maximum atomic E-state index is 8.84. The lowest BCUT2D eigenvalue weighted by Crippen LogP contribution is -2.29. The average molecular weight is 210 g/mol. The van der Waals surface area contributed by atoms with E-state index in [9.17, 15) is 0 Å². The fourth-order valence-corrected chi connectivity index (χ4v) is 1.49. The second-order valence-electron chi connectivity index (χ2n) is 4.27. The van der Waals surface area contributed by atoms with Crippen molar-refractivity contribution in [2.45, 2.75) is 45.1 Å². The molecule has 1 unspecified atom stereocenters. The topological polar surface area (TPSA) is 45.0 Å². The second-order valence-corrected chi connectivity index (χ2v) is 4.27. The minimum Gasteiger partial charge on any atom is -0.381 e. The minimum atomic E-state index is -0.0362. The van der Waals surface area contributed by atoms with Gasteiger partial charge in [-0.3, -0.25) is 0 Å². The molecule has 1 N–H and O–H groups in total. The molecule has 1 fully saturated rings. The molecule has 1 aliphatic rings. The van der Waals surface area contributed by atoms with Crippen molar-refractivity contribution in [2.75, 3.05) is 19.8 Å². The number of nitrogens with one attached hydrogen (secondary N) is 1. The summed E-state index contributed by atoms with van der Waals surface area (Å²) in [4.78, 5) is 0. The van der Waals surface area contributed by atoms with Gasteiger partial charge in [0, 0.05) is 13.2 Å². The molecule has 3 nitrogen and oxygen atoms in total. The normalized spacial score (nSPS) is 17.3.